The van der Waals surface area contributed by atoms with Crippen LogP contribution < -0.4 is 5.32 Å². The Hall–Kier alpha value is -1.53. The van der Waals surface area contributed by atoms with E-state index in [1.54, 1.807) is 23.7 Å². The fourth-order valence-electron chi connectivity index (χ4n) is 2.17. The Kier molecular flexibility index (Phi) is 3.91. The van der Waals surface area contributed by atoms with E-state index in [1.807, 2.05) is 0 Å². The number of hydrogen-bond acceptors (Lipinski definition) is 4. The quantitative estimate of drug-likeness (QED) is 0.722. The van der Waals surface area contributed by atoms with Gasteiger partial charge in [-0.25, -0.2) is 14.4 Å². The topological polar surface area (TPSA) is 37.8 Å². The van der Waals surface area contributed by atoms with Crippen LogP contribution in [0.5, 0.6) is 0 Å². The molecule has 0 amide bonds. The van der Waals surface area contributed by atoms with Crippen LogP contribution in [-0.4, -0.2) is 9.97 Å². The highest BCUT2D eigenvalue weighted by Crippen LogP contribution is 2.32. The summed E-state index contributed by atoms with van der Waals surface area (Å²) in [7, 11) is 0. The molecule has 0 saturated heterocycles. The molecule has 0 bridgehead atoms. The molecule has 1 N–H and O–H groups in total. The van der Waals surface area contributed by atoms with Gasteiger partial charge in [-0.15, -0.1) is 11.3 Å². The van der Waals surface area contributed by atoms with Crippen molar-refractivity contribution >= 4 is 43.3 Å². The zero-order valence-electron chi connectivity index (χ0n) is 11.6. The van der Waals surface area contributed by atoms with Crippen LogP contribution in [0.3, 0.4) is 0 Å². The van der Waals surface area contributed by atoms with Gasteiger partial charge in [-0.2, -0.15) is 0 Å². The van der Waals surface area contributed by atoms with Gasteiger partial charge in [-0.3, -0.25) is 0 Å². The van der Waals surface area contributed by atoms with Crippen LogP contribution in [0, 0.1) is 19.7 Å². The Balaban J connectivity index is 1.93. The highest BCUT2D eigenvalue weighted by molar-refractivity contribution is 9.10. The van der Waals surface area contributed by atoms with Gasteiger partial charge in [0.1, 0.15) is 22.8 Å². The largest absolute Gasteiger partial charge is 0.365 e. The van der Waals surface area contributed by atoms with Crippen molar-refractivity contribution < 1.29 is 4.39 Å². The molecule has 0 fully saturated rings. The van der Waals surface area contributed by atoms with Crippen molar-refractivity contribution in [2.24, 2.45) is 0 Å². The van der Waals surface area contributed by atoms with Crippen LogP contribution in [0.2, 0.25) is 0 Å². The second-order valence-electron chi connectivity index (χ2n) is 4.77. The average Bonchev–Trinajstić information content (AvgIpc) is 2.76. The molecule has 0 aliphatic heterocycles. The number of halogens is 2. The number of benzene rings is 1. The first kappa shape index (κ1) is 14.4. The maximum absolute atomic E-state index is 13.3. The van der Waals surface area contributed by atoms with Gasteiger partial charge in [-0.05, 0) is 43.2 Å². The van der Waals surface area contributed by atoms with E-state index >= 15 is 0 Å². The normalized spacial score (nSPS) is 11.0. The number of hydrogen-bond donors (Lipinski definition) is 1. The van der Waals surface area contributed by atoms with E-state index in [1.165, 1.54) is 22.6 Å². The molecule has 3 aromatic rings. The summed E-state index contributed by atoms with van der Waals surface area (Å²) in [4.78, 5) is 10.8. The van der Waals surface area contributed by atoms with Crippen molar-refractivity contribution in [3.63, 3.8) is 0 Å². The Morgan fingerprint density at radius 1 is 1.29 bits per heavy atom. The maximum atomic E-state index is 13.3. The van der Waals surface area contributed by atoms with E-state index < -0.39 is 0 Å². The fourth-order valence-corrected chi connectivity index (χ4v) is 3.56. The van der Waals surface area contributed by atoms with Crippen LogP contribution in [0.25, 0.3) is 10.2 Å². The number of nitrogens with one attached hydrogen (secondary N) is 1. The highest BCUT2D eigenvalue weighted by atomic mass is 79.9. The van der Waals surface area contributed by atoms with Crippen molar-refractivity contribution in [2.45, 2.75) is 20.4 Å². The van der Waals surface area contributed by atoms with E-state index in [2.05, 4.69) is 45.1 Å². The molecule has 0 spiro atoms. The summed E-state index contributed by atoms with van der Waals surface area (Å²) in [5.41, 5.74) is 2.04. The molecule has 0 unspecified atom stereocenters. The van der Waals surface area contributed by atoms with Gasteiger partial charge in [0.2, 0.25) is 0 Å². The number of thiophene rings is 1. The van der Waals surface area contributed by atoms with E-state index in [-0.39, 0.29) is 5.82 Å². The third kappa shape index (κ3) is 2.78. The first-order chi connectivity index (χ1) is 10.1. The monoisotopic (exact) mass is 365 g/mol. The average molecular weight is 366 g/mol. The minimum Gasteiger partial charge on any atom is -0.365 e. The van der Waals surface area contributed by atoms with Gasteiger partial charge in [0, 0.05) is 15.9 Å². The van der Waals surface area contributed by atoms with E-state index in [4.69, 9.17) is 0 Å². The number of rotatable bonds is 3. The van der Waals surface area contributed by atoms with Crippen LogP contribution in [0.1, 0.15) is 16.0 Å². The van der Waals surface area contributed by atoms with Gasteiger partial charge in [0.25, 0.3) is 0 Å². The minimum atomic E-state index is -0.245. The van der Waals surface area contributed by atoms with Crippen molar-refractivity contribution in [1.29, 1.82) is 0 Å². The summed E-state index contributed by atoms with van der Waals surface area (Å²) in [6, 6.07) is 4.66. The lowest BCUT2D eigenvalue weighted by molar-refractivity contribution is 0.625. The van der Waals surface area contributed by atoms with Crippen molar-refractivity contribution in [3.05, 3.63) is 50.8 Å². The van der Waals surface area contributed by atoms with Gasteiger partial charge in [0.15, 0.2) is 0 Å². The molecule has 0 atom stereocenters. The molecule has 3 rings (SSSR count). The lowest BCUT2D eigenvalue weighted by Crippen LogP contribution is -2.03. The molecule has 0 aliphatic carbocycles. The lowest BCUT2D eigenvalue weighted by Gasteiger charge is -2.09. The first-order valence-corrected chi connectivity index (χ1v) is 8.05. The smallest absolute Gasteiger partial charge is 0.138 e. The Labute approximate surface area is 134 Å². The summed E-state index contributed by atoms with van der Waals surface area (Å²) in [6.07, 6.45) is 1.56. The summed E-state index contributed by atoms with van der Waals surface area (Å²) >= 11 is 5.09. The van der Waals surface area contributed by atoms with Gasteiger partial charge < -0.3 is 5.32 Å². The Morgan fingerprint density at radius 3 is 2.90 bits per heavy atom. The molecule has 0 radical (unpaired) electrons. The minimum absolute atomic E-state index is 0.245. The third-order valence-electron chi connectivity index (χ3n) is 3.42. The second-order valence-corrected chi connectivity index (χ2v) is 6.83. The molecule has 0 aliphatic rings. The van der Waals surface area contributed by atoms with Crippen molar-refractivity contribution in [1.82, 2.24) is 9.97 Å². The maximum Gasteiger partial charge on any atom is 0.138 e. The molecule has 6 heteroatoms. The molecule has 21 heavy (non-hydrogen) atoms. The van der Waals surface area contributed by atoms with Crippen LogP contribution in [0.4, 0.5) is 10.2 Å². The predicted octanol–water partition coefficient (Wildman–Crippen LogP) is 4.82. The zero-order chi connectivity index (χ0) is 15.0. The molecular weight excluding hydrogens is 353 g/mol. The number of nitrogens with zero attached hydrogens (tertiary/aromatic N) is 2. The molecule has 1 aromatic carbocycles. The van der Waals surface area contributed by atoms with E-state index in [9.17, 15) is 4.39 Å². The first-order valence-electron chi connectivity index (χ1n) is 6.44. The third-order valence-corrected chi connectivity index (χ3v) is 5.31. The number of aryl methyl sites for hydroxylation is 2. The molecule has 0 saturated carbocycles. The Morgan fingerprint density at radius 2 is 2.10 bits per heavy atom. The van der Waals surface area contributed by atoms with E-state index in [0.717, 1.165) is 26.1 Å². The van der Waals surface area contributed by atoms with Gasteiger partial charge in [-0.1, -0.05) is 15.9 Å². The molecular formula is C15H13BrFN3S. The van der Waals surface area contributed by atoms with Crippen LogP contribution in [0.15, 0.2) is 29.0 Å². The Bertz CT molecular complexity index is 816. The molecule has 2 aromatic heterocycles. The second kappa shape index (κ2) is 5.69. The standard InChI is InChI=1S/C15H13BrFN3S/c1-8-9(2)21-15-13(8)14(19-7-20-15)18-6-10-5-11(17)3-4-12(10)16/h3-5,7H,6H2,1-2H3,(H,18,19,20). The molecule has 3 nitrogen and oxygen atoms in total. The van der Waals surface area contributed by atoms with E-state index in [0.29, 0.717) is 6.54 Å². The molecule has 2 heterocycles. The number of fused-ring (bicyclic) bond motifs is 1. The summed E-state index contributed by atoms with van der Waals surface area (Å²) < 4.78 is 14.2. The van der Waals surface area contributed by atoms with Gasteiger partial charge in [0.05, 0.1) is 5.39 Å². The lowest BCUT2D eigenvalue weighted by atomic mass is 10.2. The van der Waals surface area contributed by atoms with Crippen LogP contribution >= 0.6 is 27.3 Å². The summed E-state index contributed by atoms with van der Waals surface area (Å²) in [6.45, 7) is 4.65. The zero-order valence-corrected chi connectivity index (χ0v) is 14.0. The fraction of sp³-hybridized carbons (Fsp3) is 0.200. The van der Waals surface area contributed by atoms with Crippen molar-refractivity contribution in [2.75, 3.05) is 5.32 Å². The summed E-state index contributed by atoms with van der Waals surface area (Å²) in [5, 5.41) is 4.33. The number of aromatic nitrogens is 2. The highest BCUT2D eigenvalue weighted by Gasteiger charge is 2.12. The van der Waals surface area contributed by atoms with Crippen molar-refractivity contribution in [3.8, 4) is 0 Å². The number of anilines is 1. The SMILES string of the molecule is Cc1sc2ncnc(NCc3cc(F)ccc3Br)c2c1C. The predicted molar refractivity (Wildman–Crippen MR) is 88.3 cm³/mol. The summed E-state index contributed by atoms with van der Waals surface area (Å²) in [5.74, 6) is 0.545. The molecule has 108 valence electrons. The van der Waals surface area contributed by atoms with Gasteiger partial charge >= 0.3 is 0 Å². The van der Waals surface area contributed by atoms with Crippen LogP contribution in [-0.2, 0) is 6.54 Å².